The van der Waals surface area contributed by atoms with Gasteiger partial charge in [-0.1, -0.05) is 45.0 Å². The summed E-state index contributed by atoms with van der Waals surface area (Å²) < 4.78 is 5.71. The standard InChI is InChI=1S/C18H32N2O/c1-15(2)19-13-16(3)18-9-7-17(8-10-18)14-21-12-6-11-20(4)5/h7-10,15-16,19H,6,11-14H2,1-5H3. The number of ether oxygens (including phenoxy) is 1. The minimum absolute atomic E-state index is 0.544. The van der Waals surface area contributed by atoms with Gasteiger partial charge in [0.25, 0.3) is 0 Å². The molecular formula is C18H32N2O. The van der Waals surface area contributed by atoms with E-state index in [0.29, 0.717) is 18.6 Å². The summed E-state index contributed by atoms with van der Waals surface area (Å²) in [7, 11) is 4.18. The van der Waals surface area contributed by atoms with Crippen LogP contribution in [-0.2, 0) is 11.3 Å². The summed E-state index contributed by atoms with van der Waals surface area (Å²) in [5.74, 6) is 0.544. The summed E-state index contributed by atoms with van der Waals surface area (Å²) in [6, 6.07) is 9.37. The lowest BCUT2D eigenvalue weighted by atomic mass is 9.99. The van der Waals surface area contributed by atoms with Crippen molar-refractivity contribution in [1.29, 1.82) is 0 Å². The van der Waals surface area contributed by atoms with E-state index in [0.717, 1.165) is 26.1 Å². The quantitative estimate of drug-likeness (QED) is 0.670. The van der Waals surface area contributed by atoms with E-state index >= 15 is 0 Å². The van der Waals surface area contributed by atoms with E-state index in [-0.39, 0.29) is 0 Å². The van der Waals surface area contributed by atoms with Crippen LogP contribution >= 0.6 is 0 Å². The van der Waals surface area contributed by atoms with Gasteiger partial charge < -0.3 is 15.0 Å². The van der Waals surface area contributed by atoms with Gasteiger partial charge in [0.05, 0.1) is 6.61 Å². The molecule has 0 saturated heterocycles. The molecule has 0 aliphatic rings. The monoisotopic (exact) mass is 292 g/mol. The minimum Gasteiger partial charge on any atom is -0.377 e. The molecule has 1 N–H and O–H groups in total. The highest BCUT2D eigenvalue weighted by Crippen LogP contribution is 2.15. The highest BCUT2D eigenvalue weighted by atomic mass is 16.5. The molecule has 0 spiro atoms. The Kier molecular flexibility index (Phi) is 8.58. The summed E-state index contributed by atoms with van der Waals surface area (Å²) in [6.45, 7) is 10.3. The van der Waals surface area contributed by atoms with E-state index in [9.17, 15) is 0 Å². The van der Waals surface area contributed by atoms with Crippen LogP contribution in [0.1, 0.15) is 44.2 Å². The van der Waals surface area contributed by atoms with Crippen molar-refractivity contribution in [1.82, 2.24) is 10.2 Å². The molecule has 1 aromatic rings. The number of hydrogen-bond donors (Lipinski definition) is 1. The minimum atomic E-state index is 0.544. The first-order chi connectivity index (χ1) is 9.99. The van der Waals surface area contributed by atoms with Crippen molar-refractivity contribution in [2.45, 2.75) is 45.8 Å². The molecule has 1 unspecified atom stereocenters. The van der Waals surface area contributed by atoms with Crippen molar-refractivity contribution < 1.29 is 4.74 Å². The Balaban J connectivity index is 2.29. The zero-order chi connectivity index (χ0) is 15.7. The summed E-state index contributed by atoms with van der Waals surface area (Å²) in [5, 5.41) is 3.49. The third-order valence-electron chi connectivity index (χ3n) is 3.54. The van der Waals surface area contributed by atoms with Crippen LogP contribution in [0.25, 0.3) is 0 Å². The Morgan fingerprint density at radius 3 is 2.33 bits per heavy atom. The third-order valence-corrected chi connectivity index (χ3v) is 3.54. The van der Waals surface area contributed by atoms with Crippen molar-refractivity contribution in [2.24, 2.45) is 0 Å². The molecule has 1 atom stereocenters. The van der Waals surface area contributed by atoms with E-state index in [1.165, 1.54) is 11.1 Å². The van der Waals surface area contributed by atoms with E-state index in [2.05, 4.69) is 69.3 Å². The van der Waals surface area contributed by atoms with Gasteiger partial charge in [0, 0.05) is 19.2 Å². The molecule has 3 nitrogen and oxygen atoms in total. The highest BCUT2D eigenvalue weighted by Gasteiger charge is 2.06. The van der Waals surface area contributed by atoms with Gasteiger partial charge in [-0.3, -0.25) is 0 Å². The molecule has 0 fully saturated rings. The molecular weight excluding hydrogens is 260 g/mol. The first-order valence-corrected chi connectivity index (χ1v) is 8.03. The first-order valence-electron chi connectivity index (χ1n) is 8.03. The molecule has 1 rings (SSSR count). The summed E-state index contributed by atoms with van der Waals surface area (Å²) in [6.07, 6.45) is 1.09. The normalized spacial score (nSPS) is 13.1. The average molecular weight is 292 g/mol. The van der Waals surface area contributed by atoms with E-state index in [4.69, 9.17) is 4.74 Å². The van der Waals surface area contributed by atoms with Crippen LogP contribution in [0.5, 0.6) is 0 Å². The van der Waals surface area contributed by atoms with Crippen molar-refractivity contribution in [2.75, 3.05) is 33.8 Å². The zero-order valence-corrected chi connectivity index (χ0v) is 14.4. The fourth-order valence-corrected chi connectivity index (χ4v) is 2.15. The third kappa shape index (κ3) is 8.20. The number of nitrogens with zero attached hydrogens (tertiary/aromatic N) is 1. The molecule has 0 saturated carbocycles. The lowest BCUT2D eigenvalue weighted by Crippen LogP contribution is -2.26. The predicted molar refractivity (Wildman–Crippen MR) is 90.8 cm³/mol. The Bertz CT molecular complexity index is 373. The van der Waals surface area contributed by atoms with Crippen molar-refractivity contribution in [3.63, 3.8) is 0 Å². The summed E-state index contributed by atoms with van der Waals surface area (Å²) in [5.41, 5.74) is 2.65. The SMILES string of the molecule is CC(C)NCC(C)c1ccc(COCCCN(C)C)cc1. The first kappa shape index (κ1) is 18.1. The Labute approximate surface area is 130 Å². The second kappa shape index (κ2) is 9.93. The van der Waals surface area contributed by atoms with Gasteiger partial charge in [-0.15, -0.1) is 0 Å². The number of hydrogen-bond acceptors (Lipinski definition) is 3. The highest BCUT2D eigenvalue weighted by molar-refractivity contribution is 5.24. The lowest BCUT2D eigenvalue weighted by Gasteiger charge is -2.15. The number of nitrogens with one attached hydrogen (secondary N) is 1. The van der Waals surface area contributed by atoms with Gasteiger partial charge in [-0.05, 0) is 44.1 Å². The average Bonchev–Trinajstić information content (AvgIpc) is 2.44. The topological polar surface area (TPSA) is 24.5 Å². The molecule has 0 aliphatic heterocycles. The molecule has 0 bridgehead atoms. The van der Waals surface area contributed by atoms with Crippen molar-refractivity contribution in [3.05, 3.63) is 35.4 Å². The fraction of sp³-hybridized carbons (Fsp3) is 0.667. The zero-order valence-electron chi connectivity index (χ0n) is 14.4. The predicted octanol–water partition coefficient (Wildman–Crippen LogP) is 3.26. The molecule has 0 amide bonds. The number of rotatable bonds is 10. The summed E-state index contributed by atoms with van der Waals surface area (Å²) >= 11 is 0. The van der Waals surface area contributed by atoms with Crippen molar-refractivity contribution >= 4 is 0 Å². The van der Waals surface area contributed by atoms with Crippen LogP contribution in [0.4, 0.5) is 0 Å². The molecule has 0 radical (unpaired) electrons. The van der Waals surface area contributed by atoms with E-state index in [1.54, 1.807) is 0 Å². The molecule has 1 aromatic carbocycles. The van der Waals surface area contributed by atoms with Crippen LogP contribution in [0.2, 0.25) is 0 Å². The van der Waals surface area contributed by atoms with Crippen LogP contribution in [0.15, 0.2) is 24.3 Å². The second-order valence-corrected chi connectivity index (χ2v) is 6.41. The van der Waals surface area contributed by atoms with Crippen LogP contribution in [-0.4, -0.2) is 44.7 Å². The Morgan fingerprint density at radius 1 is 1.10 bits per heavy atom. The lowest BCUT2D eigenvalue weighted by molar-refractivity contribution is 0.113. The van der Waals surface area contributed by atoms with Crippen LogP contribution in [0.3, 0.4) is 0 Å². The fourth-order valence-electron chi connectivity index (χ4n) is 2.15. The Morgan fingerprint density at radius 2 is 1.76 bits per heavy atom. The maximum Gasteiger partial charge on any atom is 0.0716 e. The van der Waals surface area contributed by atoms with Gasteiger partial charge in [0.15, 0.2) is 0 Å². The number of benzene rings is 1. The van der Waals surface area contributed by atoms with Gasteiger partial charge in [0.2, 0.25) is 0 Å². The largest absolute Gasteiger partial charge is 0.377 e. The van der Waals surface area contributed by atoms with Crippen molar-refractivity contribution in [3.8, 4) is 0 Å². The molecule has 3 heteroatoms. The maximum absolute atomic E-state index is 5.71. The van der Waals surface area contributed by atoms with Gasteiger partial charge >= 0.3 is 0 Å². The second-order valence-electron chi connectivity index (χ2n) is 6.41. The van der Waals surface area contributed by atoms with Gasteiger partial charge in [-0.2, -0.15) is 0 Å². The van der Waals surface area contributed by atoms with Gasteiger partial charge in [0.1, 0.15) is 0 Å². The van der Waals surface area contributed by atoms with Gasteiger partial charge in [-0.25, -0.2) is 0 Å². The van der Waals surface area contributed by atoms with E-state index < -0.39 is 0 Å². The molecule has 0 heterocycles. The van der Waals surface area contributed by atoms with Crippen LogP contribution < -0.4 is 5.32 Å². The maximum atomic E-state index is 5.71. The molecule has 0 aliphatic carbocycles. The molecule has 0 aromatic heterocycles. The smallest absolute Gasteiger partial charge is 0.0716 e. The van der Waals surface area contributed by atoms with Crippen LogP contribution in [0, 0.1) is 0 Å². The molecule has 120 valence electrons. The Hall–Kier alpha value is -0.900. The van der Waals surface area contributed by atoms with E-state index in [1.807, 2.05) is 0 Å². The summed E-state index contributed by atoms with van der Waals surface area (Å²) in [4.78, 5) is 2.19. The molecule has 21 heavy (non-hydrogen) atoms.